The molecule has 1 aromatic carbocycles. The van der Waals surface area contributed by atoms with Crippen molar-refractivity contribution < 1.29 is 24.2 Å². The van der Waals surface area contributed by atoms with Crippen LogP contribution in [0.5, 0.6) is 0 Å². The van der Waals surface area contributed by atoms with Gasteiger partial charge in [-0.3, -0.25) is 4.79 Å². The summed E-state index contributed by atoms with van der Waals surface area (Å²) in [6.45, 7) is 1.68. The largest absolute Gasteiger partial charge is 0.478 e. The Balaban J connectivity index is 1.95. The highest BCUT2D eigenvalue weighted by Crippen LogP contribution is 2.27. The highest BCUT2D eigenvalue weighted by molar-refractivity contribution is 6.26. The lowest BCUT2D eigenvalue weighted by Gasteiger charge is -2.17. The molecule has 0 bridgehead atoms. The number of rotatable bonds is 2. The summed E-state index contributed by atoms with van der Waals surface area (Å²) in [7, 11) is 0. The Labute approximate surface area is 119 Å². The number of carbonyl (C=O) groups excluding carboxylic acids is 2. The van der Waals surface area contributed by atoms with E-state index in [4.69, 9.17) is 9.84 Å². The Morgan fingerprint density at radius 2 is 1.95 bits per heavy atom. The SMILES string of the molecule is CC1=CC(=O)OC2C(=O)N(c3ccc(C(=O)O)cc3)N=C12. The minimum absolute atomic E-state index is 0.109. The number of fused-ring (bicyclic) bond motifs is 1. The Hall–Kier alpha value is -2.96. The van der Waals surface area contributed by atoms with Gasteiger partial charge < -0.3 is 9.84 Å². The first kappa shape index (κ1) is 13.0. The average molecular weight is 286 g/mol. The van der Waals surface area contributed by atoms with Gasteiger partial charge in [-0.05, 0) is 36.8 Å². The predicted octanol–water partition coefficient (Wildman–Crippen LogP) is 0.959. The number of carbonyl (C=O) groups is 3. The van der Waals surface area contributed by atoms with Crippen LogP contribution in [0.4, 0.5) is 5.69 Å². The van der Waals surface area contributed by atoms with Gasteiger partial charge in [0, 0.05) is 6.08 Å². The van der Waals surface area contributed by atoms with E-state index in [-0.39, 0.29) is 5.56 Å². The van der Waals surface area contributed by atoms with Crippen molar-refractivity contribution >= 4 is 29.2 Å². The number of anilines is 1. The third kappa shape index (κ3) is 2.08. The fraction of sp³-hybridized carbons (Fsp3) is 0.143. The number of nitrogens with zero attached hydrogens (tertiary/aromatic N) is 2. The van der Waals surface area contributed by atoms with E-state index >= 15 is 0 Å². The first-order valence-electron chi connectivity index (χ1n) is 6.12. The van der Waals surface area contributed by atoms with Gasteiger partial charge in [0.25, 0.3) is 5.91 Å². The second-order valence-electron chi connectivity index (χ2n) is 4.63. The zero-order valence-corrected chi connectivity index (χ0v) is 10.9. The van der Waals surface area contributed by atoms with Crippen molar-refractivity contribution in [2.24, 2.45) is 5.10 Å². The second kappa shape index (κ2) is 4.55. The smallest absolute Gasteiger partial charge is 0.335 e. The fourth-order valence-electron chi connectivity index (χ4n) is 2.16. The quantitative estimate of drug-likeness (QED) is 0.817. The summed E-state index contributed by atoms with van der Waals surface area (Å²) in [5.74, 6) is -2.11. The molecular weight excluding hydrogens is 276 g/mol. The molecule has 1 N–H and O–H groups in total. The van der Waals surface area contributed by atoms with Crippen LogP contribution >= 0.6 is 0 Å². The molecule has 2 aliphatic rings. The lowest BCUT2D eigenvalue weighted by atomic mass is 10.0. The van der Waals surface area contributed by atoms with Crippen molar-refractivity contribution in [1.82, 2.24) is 0 Å². The molecule has 0 aromatic heterocycles. The lowest BCUT2D eigenvalue weighted by Crippen LogP contribution is -2.38. The molecule has 7 nitrogen and oxygen atoms in total. The van der Waals surface area contributed by atoms with Crippen LogP contribution in [0.3, 0.4) is 0 Å². The molecule has 2 heterocycles. The Morgan fingerprint density at radius 3 is 2.57 bits per heavy atom. The second-order valence-corrected chi connectivity index (χ2v) is 4.63. The number of esters is 1. The van der Waals surface area contributed by atoms with Gasteiger partial charge in [0.1, 0.15) is 5.71 Å². The molecule has 7 heteroatoms. The Kier molecular flexibility index (Phi) is 2.83. The van der Waals surface area contributed by atoms with Gasteiger partial charge in [-0.25, -0.2) is 9.59 Å². The van der Waals surface area contributed by atoms with Crippen LogP contribution in [0.1, 0.15) is 17.3 Å². The van der Waals surface area contributed by atoms with Crippen LogP contribution in [0.15, 0.2) is 41.0 Å². The van der Waals surface area contributed by atoms with Gasteiger partial charge in [0.05, 0.1) is 11.3 Å². The number of ether oxygens (including phenoxy) is 1. The van der Waals surface area contributed by atoms with E-state index in [1.54, 1.807) is 6.92 Å². The first-order chi connectivity index (χ1) is 9.97. The van der Waals surface area contributed by atoms with Crippen molar-refractivity contribution in [3.05, 3.63) is 41.5 Å². The van der Waals surface area contributed by atoms with Crippen molar-refractivity contribution in [2.75, 3.05) is 5.01 Å². The first-order valence-corrected chi connectivity index (χ1v) is 6.12. The number of benzene rings is 1. The molecule has 0 spiro atoms. The minimum atomic E-state index is -1.05. The van der Waals surface area contributed by atoms with Gasteiger partial charge in [-0.15, -0.1) is 0 Å². The highest BCUT2D eigenvalue weighted by atomic mass is 16.6. The third-order valence-corrected chi connectivity index (χ3v) is 3.22. The Morgan fingerprint density at radius 1 is 1.29 bits per heavy atom. The topological polar surface area (TPSA) is 96.3 Å². The van der Waals surface area contributed by atoms with E-state index in [0.717, 1.165) is 5.01 Å². The number of carboxylic acid groups (broad SMARTS) is 1. The summed E-state index contributed by atoms with van der Waals surface area (Å²) in [5, 5.41) is 14.1. The van der Waals surface area contributed by atoms with Crippen molar-refractivity contribution in [3.8, 4) is 0 Å². The van der Waals surface area contributed by atoms with Gasteiger partial charge in [-0.2, -0.15) is 10.1 Å². The van der Waals surface area contributed by atoms with Crippen LogP contribution in [0, 0.1) is 0 Å². The highest BCUT2D eigenvalue weighted by Gasteiger charge is 2.42. The molecule has 1 aromatic rings. The Bertz CT molecular complexity index is 717. The molecule has 0 saturated heterocycles. The molecule has 2 aliphatic heterocycles. The maximum absolute atomic E-state index is 12.2. The predicted molar refractivity (Wildman–Crippen MR) is 72.0 cm³/mol. The fourth-order valence-corrected chi connectivity index (χ4v) is 2.16. The van der Waals surface area contributed by atoms with Crippen LogP contribution < -0.4 is 5.01 Å². The summed E-state index contributed by atoms with van der Waals surface area (Å²) in [4.78, 5) is 34.4. The number of hydrazone groups is 1. The summed E-state index contributed by atoms with van der Waals surface area (Å²) < 4.78 is 4.98. The third-order valence-electron chi connectivity index (χ3n) is 3.22. The maximum atomic E-state index is 12.2. The van der Waals surface area contributed by atoms with Crippen LogP contribution in [0.25, 0.3) is 0 Å². The van der Waals surface area contributed by atoms with E-state index in [1.165, 1.54) is 30.3 Å². The van der Waals surface area contributed by atoms with Gasteiger partial charge >= 0.3 is 11.9 Å². The molecular formula is C14H10N2O5. The van der Waals surface area contributed by atoms with E-state index in [0.29, 0.717) is 17.0 Å². The molecule has 106 valence electrons. The lowest BCUT2D eigenvalue weighted by molar-refractivity contribution is -0.146. The van der Waals surface area contributed by atoms with Crippen molar-refractivity contribution in [3.63, 3.8) is 0 Å². The number of aromatic carboxylic acids is 1. The van der Waals surface area contributed by atoms with Crippen molar-refractivity contribution in [2.45, 2.75) is 13.0 Å². The summed E-state index contributed by atoms with van der Waals surface area (Å²) >= 11 is 0. The van der Waals surface area contributed by atoms with Crippen LogP contribution in [0.2, 0.25) is 0 Å². The number of carboxylic acids is 1. The van der Waals surface area contributed by atoms with E-state index in [9.17, 15) is 14.4 Å². The van der Waals surface area contributed by atoms with Gasteiger partial charge in [0.15, 0.2) is 0 Å². The molecule has 0 fully saturated rings. The van der Waals surface area contributed by atoms with Crippen molar-refractivity contribution in [1.29, 1.82) is 0 Å². The molecule has 0 aliphatic carbocycles. The van der Waals surface area contributed by atoms with Gasteiger partial charge in [0.2, 0.25) is 6.10 Å². The zero-order valence-electron chi connectivity index (χ0n) is 10.9. The average Bonchev–Trinajstić information content (AvgIpc) is 2.77. The minimum Gasteiger partial charge on any atom is -0.478 e. The van der Waals surface area contributed by atoms with E-state index in [2.05, 4.69) is 5.10 Å². The van der Waals surface area contributed by atoms with Gasteiger partial charge in [-0.1, -0.05) is 0 Å². The summed E-state index contributed by atoms with van der Waals surface area (Å²) in [6, 6.07) is 5.71. The zero-order chi connectivity index (χ0) is 15.1. The number of amides is 1. The molecule has 0 saturated carbocycles. The standard InChI is InChI=1S/C14H10N2O5/c1-7-6-10(17)21-12-11(7)15-16(13(12)18)9-4-2-8(3-5-9)14(19)20/h2-6,12H,1H3,(H,19,20). The monoisotopic (exact) mass is 286 g/mol. The van der Waals surface area contributed by atoms with E-state index in [1.807, 2.05) is 0 Å². The summed E-state index contributed by atoms with van der Waals surface area (Å²) in [5.41, 5.74) is 1.49. The number of hydrogen-bond donors (Lipinski definition) is 1. The van der Waals surface area contributed by atoms with Crippen LogP contribution in [-0.2, 0) is 14.3 Å². The normalized spacial score (nSPS) is 20.6. The molecule has 0 radical (unpaired) electrons. The molecule has 1 atom stereocenters. The maximum Gasteiger partial charge on any atom is 0.335 e. The molecule has 21 heavy (non-hydrogen) atoms. The van der Waals surface area contributed by atoms with E-state index < -0.39 is 23.9 Å². The van der Waals surface area contributed by atoms with Crippen LogP contribution in [-0.4, -0.2) is 34.8 Å². The molecule has 3 rings (SSSR count). The summed E-state index contributed by atoms with van der Waals surface area (Å²) in [6.07, 6.45) is 0.251. The number of hydrogen-bond acceptors (Lipinski definition) is 5. The molecule has 1 unspecified atom stereocenters. The molecule has 1 amide bonds.